The Balaban J connectivity index is 1.43. The third kappa shape index (κ3) is 7.22. The van der Waals surface area contributed by atoms with Gasteiger partial charge in [-0.3, -0.25) is 0 Å². The number of aryl methyl sites for hydroxylation is 1. The fraction of sp³-hybridized carbons (Fsp3) is 0.545. The lowest BCUT2D eigenvalue weighted by Gasteiger charge is -2.49. The van der Waals surface area contributed by atoms with Crippen molar-refractivity contribution in [3.05, 3.63) is 69.8 Å². The summed E-state index contributed by atoms with van der Waals surface area (Å²) in [5.74, 6) is 0.210. The van der Waals surface area contributed by atoms with Crippen LogP contribution in [0.1, 0.15) is 67.4 Å². The summed E-state index contributed by atoms with van der Waals surface area (Å²) in [5.41, 5.74) is 4.39. The number of rotatable bonds is 9. The second-order valence-corrected chi connectivity index (χ2v) is 15.0. The zero-order valence-corrected chi connectivity index (χ0v) is 26.8. The Morgan fingerprint density at radius 3 is 2.63 bits per heavy atom. The molecule has 10 heteroatoms. The van der Waals surface area contributed by atoms with Crippen molar-refractivity contribution in [2.45, 2.75) is 65.0 Å². The molecular formula is C33H43ClN2O6S. The molecule has 234 valence electrons. The third-order valence-electron chi connectivity index (χ3n) is 9.82. The second-order valence-electron chi connectivity index (χ2n) is 12.9. The van der Waals surface area contributed by atoms with E-state index in [2.05, 4.69) is 24.0 Å². The van der Waals surface area contributed by atoms with Crippen molar-refractivity contribution in [1.82, 2.24) is 0 Å². The number of nitrogens with zero attached hydrogens (tertiary/aromatic N) is 1. The van der Waals surface area contributed by atoms with E-state index in [1.54, 1.807) is 25.3 Å². The first-order chi connectivity index (χ1) is 20.4. The van der Waals surface area contributed by atoms with Gasteiger partial charge in [-0.25, -0.2) is 18.4 Å². The van der Waals surface area contributed by atoms with Crippen molar-refractivity contribution in [1.29, 1.82) is 0 Å². The van der Waals surface area contributed by atoms with E-state index in [0.717, 1.165) is 50.8 Å². The lowest BCUT2D eigenvalue weighted by Crippen LogP contribution is -2.47. The molecule has 1 saturated carbocycles. The minimum atomic E-state index is -3.55. The number of allylic oxidation sites excluding steroid dienone is 1. The highest BCUT2D eigenvalue weighted by Gasteiger charge is 2.46. The van der Waals surface area contributed by atoms with E-state index in [0.29, 0.717) is 35.8 Å². The Bertz CT molecular complexity index is 1490. The van der Waals surface area contributed by atoms with E-state index < -0.39 is 16.0 Å². The average molecular weight is 631 g/mol. The number of aromatic carboxylic acids is 1. The Morgan fingerprint density at radius 2 is 1.98 bits per heavy atom. The Labute approximate surface area is 260 Å². The number of hydrogen-bond acceptors (Lipinski definition) is 6. The van der Waals surface area contributed by atoms with Gasteiger partial charge in [0.25, 0.3) is 0 Å². The number of fused-ring (bicyclic) bond motifs is 2. The van der Waals surface area contributed by atoms with Crippen molar-refractivity contribution in [2.75, 3.05) is 30.9 Å². The molecule has 0 spiro atoms. The highest BCUT2D eigenvalue weighted by Crippen LogP contribution is 2.51. The van der Waals surface area contributed by atoms with Crippen LogP contribution in [0.15, 0.2) is 48.0 Å². The van der Waals surface area contributed by atoms with Crippen LogP contribution in [-0.2, 0) is 27.7 Å². The van der Waals surface area contributed by atoms with Crippen molar-refractivity contribution < 1.29 is 27.8 Å². The van der Waals surface area contributed by atoms with E-state index >= 15 is 0 Å². The summed E-state index contributed by atoms with van der Waals surface area (Å²) >= 11 is 6.40. The molecule has 5 atom stereocenters. The molecule has 2 aliphatic carbocycles. The maximum atomic E-state index is 12.0. The molecular weight excluding hydrogens is 588 g/mol. The van der Waals surface area contributed by atoms with Crippen LogP contribution in [0.2, 0.25) is 5.02 Å². The molecule has 8 nitrogen and oxygen atoms in total. The largest absolute Gasteiger partial charge is 0.491 e. The molecule has 1 unspecified atom stereocenters. The first-order valence-electron chi connectivity index (χ1n) is 15.1. The zero-order valence-electron chi connectivity index (χ0n) is 25.2. The van der Waals surface area contributed by atoms with Gasteiger partial charge in [0.05, 0.1) is 29.7 Å². The fourth-order valence-corrected chi connectivity index (χ4v) is 8.30. The highest BCUT2D eigenvalue weighted by atomic mass is 35.5. The molecule has 3 aliphatic rings. The van der Waals surface area contributed by atoms with E-state index in [9.17, 15) is 18.3 Å². The van der Waals surface area contributed by atoms with Crippen LogP contribution in [0.5, 0.6) is 5.75 Å². The van der Waals surface area contributed by atoms with Gasteiger partial charge in [-0.15, -0.1) is 0 Å². The predicted octanol–water partition coefficient (Wildman–Crippen LogP) is 6.06. The molecule has 0 saturated heterocycles. The Hall–Kier alpha value is -2.59. The number of carboxylic acid groups (broad SMARTS) is 1. The number of benzene rings is 2. The molecule has 3 N–H and O–H groups in total. The number of primary sulfonamides is 1. The lowest BCUT2D eigenvalue weighted by atomic mass is 9.60. The summed E-state index contributed by atoms with van der Waals surface area (Å²) in [7, 11) is -1.80. The van der Waals surface area contributed by atoms with Gasteiger partial charge in [0.2, 0.25) is 10.0 Å². The van der Waals surface area contributed by atoms with Crippen LogP contribution in [-0.4, -0.2) is 51.6 Å². The number of carbonyl (C=O) groups is 1. The third-order valence-corrected chi connectivity index (χ3v) is 11.0. The smallest absolute Gasteiger partial charge is 0.335 e. The normalized spacial score (nSPS) is 25.4. The minimum absolute atomic E-state index is 0.0432. The van der Waals surface area contributed by atoms with Crippen molar-refractivity contribution in [2.24, 2.45) is 28.3 Å². The topological polar surface area (TPSA) is 119 Å². The van der Waals surface area contributed by atoms with Crippen LogP contribution < -0.4 is 14.8 Å². The molecule has 0 bridgehead atoms. The van der Waals surface area contributed by atoms with Gasteiger partial charge in [-0.05, 0) is 109 Å². The molecule has 0 amide bonds. The molecule has 5 rings (SSSR count). The summed E-state index contributed by atoms with van der Waals surface area (Å²) < 4.78 is 35.8. The van der Waals surface area contributed by atoms with Crippen LogP contribution in [0.4, 0.5) is 5.69 Å². The van der Waals surface area contributed by atoms with Crippen LogP contribution in [0, 0.1) is 23.2 Å². The number of hydrogen-bond donors (Lipinski definition) is 2. The average Bonchev–Trinajstić information content (AvgIpc) is 2.94. The monoisotopic (exact) mass is 630 g/mol. The van der Waals surface area contributed by atoms with Gasteiger partial charge in [0, 0.05) is 25.2 Å². The number of methoxy groups -OCH3 is 1. The van der Waals surface area contributed by atoms with Crippen LogP contribution in [0.25, 0.3) is 0 Å². The minimum Gasteiger partial charge on any atom is -0.491 e. The predicted molar refractivity (Wildman–Crippen MR) is 169 cm³/mol. The van der Waals surface area contributed by atoms with Gasteiger partial charge in [-0.1, -0.05) is 37.6 Å². The molecule has 1 heterocycles. The molecule has 1 fully saturated rings. The molecule has 43 heavy (non-hydrogen) atoms. The molecule has 1 aliphatic heterocycles. The number of sulfonamides is 1. The lowest BCUT2D eigenvalue weighted by molar-refractivity contribution is -0.00445. The number of halogens is 1. The van der Waals surface area contributed by atoms with E-state index in [4.69, 9.17) is 26.2 Å². The van der Waals surface area contributed by atoms with Crippen LogP contribution >= 0.6 is 11.6 Å². The molecule has 0 radical (unpaired) electrons. The number of ether oxygens (including phenoxy) is 2. The molecule has 2 aromatic rings. The van der Waals surface area contributed by atoms with Gasteiger partial charge in [0.1, 0.15) is 5.75 Å². The first-order valence-corrected chi connectivity index (χ1v) is 17.2. The highest BCUT2D eigenvalue weighted by molar-refractivity contribution is 7.89. The summed E-state index contributed by atoms with van der Waals surface area (Å²) in [5, 5.41) is 15.9. The summed E-state index contributed by atoms with van der Waals surface area (Å²) in [6.45, 7) is 5.91. The van der Waals surface area contributed by atoms with Crippen molar-refractivity contribution in [3.8, 4) is 5.75 Å². The van der Waals surface area contributed by atoms with Gasteiger partial charge < -0.3 is 19.5 Å². The number of nitrogens with two attached hydrogens (primary N) is 1. The quantitative estimate of drug-likeness (QED) is 0.323. The van der Waals surface area contributed by atoms with Crippen molar-refractivity contribution in [3.63, 3.8) is 0 Å². The molecule has 0 aromatic heterocycles. The maximum Gasteiger partial charge on any atom is 0.335 e. The Morgan fingerprint density at radius 1 is 1.21 bits per heavy atom. The summed E-state index contributed by atoms with van der Waals surface area (Å²) in [6.07, 6.45) is 7.75. The standard InChI is InChI=1S/C33H43ClN2O6S/c1-21(20-43(35,39)40)33(2)16-26(17-33)31(41-3)28-11-8-25(28)19-36-18-24-7-10-27(34)14-22(24)6-4-5-13-42-30-12-9-23(32(37)38)15-29(30)36/h7,9-10,12,14-16,21,25,28,31H,4-6,8,11,13,17-20H2,1-3H3,(H,37,38)(H2,35,39,40)/t21-,25+,28-,31+,33?/m1/s1. The van der Waals surface area contributed by atoms with Crippen molar-refractivity contribution >= 4 is 33.3 Å². The van der Waals surface area contributed by atoms with Crippen LogP contribution in [0.3, 0.4) is 0 Å². The SMILES string of the molecule is CO[C@@H](C1=CC(C)([C@H](C)CS(N)(=O)=O)C1)[C@@H]1CC[C@H]1CN1Cc2ccc(Cl)cc2CCCCOc2ccc(C(=O)O)cc21. The number of anilines is 1. The summed E-state index contributed by atoms with van der Waals surface area (Å²) in [4.78, 5) is 14.3. The zero-order chi connectivity index (χ0) is 30.9. The number of carboxylic acids is 1. The first kappa shape index (κ1) is 31.8. The van der Waals surface area contributed by atoms with E-state index in [1.165, 1.54) is 16.7 Å². The molecule has 2 aromatic carbocycles. The van der Waals surface area contributed by atoms with E-state index in [1.807, 2.05) is 19.1 Å². The van der Waals surface area contributed by atoms with Gasteiger partial charge in [0.15, 0.2) is 0 Å². The van der Waals surface area contributed by atoms with E-state index in [-0.39, 0.29) is 28.8 Å². The summed E-state index contributed by atoms with van der Waals surface area (Å²) in [6, 6.07) is 11.2. The van der Waals surface area contributed by atoms with Gasteiger partial charge >= 0.3 is 5.97 Å². The maximum absolute atomic E-state index is 12.0. The second kappa shape index (κ2) is 12.8. The van der Waals surface area contributed by atoms with Gasteiger partial charge in [-0.2, -0.15) is 0 Å². The fourth-order valence-electron chi connectivity index (χ4n) is 7.03. The Kier molecular flexibility index (Phi) is 9.47.